The molecule has 0 unspecified atom stereocenters. The molecule has 3 heterocycles. The lowest BCUT2D eigenvalue weighted by Crippen LogP contribution is -2.31. The first-order valence-corrected chi connectivity index (χ1v) is 7.96. The number of ether oxygens (including phenoxy) is 2. The SMILES string of the molecule is CCOCc1nnc2cnc(-c3cnc(O[C@@H](C)C(F)(F)F)c(F)c3)cn12. The Hall–Kier alpha value is -2.82. The molecule has 0 radical (unpaired) electrons. The summed E-state index contributed by atoms with van der Waals surface area (Å²) < 4.78 is 63.3. The molecular weight excluding hydrogens is 370 g/mol. The van der Waals surface area contributed by atoms with E-state index in [1.54, 1.807) is 10.6 Å². The van der Waals surface area contributed by atoms with E-state index in [1.807, 2.05) is 6.92 Å². The van der Waals surface area contributed by atoms with Crippen molar-refractivity contribution < 1.29 is 27.0 Å². The van der Waals surface area contributed by atoms with Crippen molar-refractivity contribution in [1.82, 2.24) is 24.6 Å². The van der Waals surface area contributed by atoms with E-state index in [4.69, 9.17) is 4.74 Å². The average Bonchev–Trinajstić information content (AvgIpc) is 3.03. The highest BCUT2D eigenvalue weighted by atomic mass is 19.4. The highest BCUT2D eigenvalue weighted by Gasteiger charge is 2.38. The molecule has 0 spiro atoms. The van der Waals surface area contributed by atoms with Crippen molar-refractivity contribution in [3.63, 3.8) is 0 Å². The summed E-state index contributed by atoms with van der Waals surface area (Å²) in [6.45, 7) is 3.35. The number of rotatable bonds is 6. The van der Waals surface area contributed by atoms with Gasteiger partial charge in [-0.2, -0.15) is 13.2 Å². The molecule has 3 rings (SSSR count). The van der Waals surface area contributed by atoms with Crippen LogP contribution >= 0.6 is 0 Å². The molecule has 0 saturated heterocycles. The lowest BCUT2D eigenvalue weighted by atomic mass is 10.2. The van der Waals surface area contributed by atoms with E-state index in [9.17, 15) is 17.6 Å². The number of hydrogen-bond donors (Lipinski definition) is 0. The maximum atomic E-state index is 14.1. The number of pyridine rings is 1. The van der Waals surface area contributed by atoms with E-state index in [0.717, 1.165) is 13.0 Å². The van der Waals surface area contributed by atoms with Crippen molar-refractivity contribution in [3.8, 4) is 17.1 Å². The molecule has 27 heavy (non-hydrogen) atoms. The van der Waals surface area contributed by atoms with Gasteiger partial charge in [-0.25, -0.2) is 9.37 Å². The van der Waals surface area contributed by atoms with Gasteiger partial charge >= 0.3 is 6.18 Å². The Morgan fingerprint density at radius 3 is 2.63 bits per heavy atom. The molecule has 0 amide bonds. The van der Waals surface area contributed by atoms with E-state index < -0.39 is 24.0 Å². The lowest BCUT2D eigenvalue weighted by Gasteiger charge is -2.17. The zero-order valence-corrected chi connectivity index (χ0v) is 14.4. The van der Waals surface area contributed by atoms with Gasteiger partial charge in [0.25, 0.3) is 5.88 Å². The van der Waals surface area contributed by atoms with Crippen LogP contribution < -0.4 is 4.74 Å². The van der Waals surface area contributed by atoms with Crippen LogP contribution in [0.4, 0.5) is 17.6 Å². The molecule has 0 saturated carbocycles. The van der Waals surface area contributed by atoms with Gasteiger partial charge < -0.3 is 9.47 Å². The number of fused-ring (bicyclic) bond motifs is 1. The van der Waals surface area contributed by atoms with Gasteiger partial charge in [0.05, 0.1) is 11.9 Å². The number of aromatic nitrogens is 5. The van der Waals surface area contributed by atoms with E-state index in [1.165, 1.54) is 12.4 Å². The highest BCUT2D eigenvalue weighted by Crippen LogP contribution is 2.27. The van der Waals surface area contributed by atoms with Gasteiger partial charge in [-0.05, 0) is 19.9 Å². The molecule has 0 fully saturated rings. The van der Waals surface area contributed by atoms with Gasteiger partial charge in [-0.1, -0.05) is 0 Å². The Morgan fingerprint density at radius 1 is 1.19 bits per heavy atom. The first-order chi connectivity index (χ1) is 12.8. The summed E-state index contributed by atoms with van der Waals surface area (Å²) >= 11 is 0. The predicted molar refractivity (Wildman–Crippen MR) is 85.4 cm³/mol. The normalized spacial score (nSPS) is 13.1. The van der Waals surface area contributed by atoms with E-state index in [2.05, 4.69) is 24.9 Å². The van der Waals surface area contributed by atoms with Crippen molar-refractivity contribution in [1.29, 1.82) is 0 Å². The molecule has 0 aromatic carbocycles. The molecule has 0 aliphatic heterocycles. The first kappa shape index (κ1) is 19.0. The molecular formula is C16H15F4N5O2. The molecule has 0 aliphatic carbocycles. The number of nitrogens with zero attached hydrogens (tertiary/aromatic N) is 5. The minimum atomic E-state index is -4.62. The van der Waals surface area contributed by atoms with Gasteiger partial charge in [0, 0.05) is 24.6 Å². The minimum absolute atomic E-state index is 0.232. The van der Waals surface area contributed by atoms with Crippen molar-refractivity contribution in [3.05, 3.63) is 36.3 Å². The second-order valence-corrected chi connectivity index (χ2v) is 5.57. The Morgan fingerprint density at radius 2 is 1.96 bits per heavy atom. The van der Waals surface area contributed by atoms with Crippen LogP contribution in [-0.4, -0.2) is 43.5 Å². The maximum absolute atomic E-state index is 14.1. The molecule has 3 aromatic rings. The van der Waals surface area contributed by atoms with Crippen LogP contribution in [0.2, 0.25) is 0 Å². The maximum Gasteiger partial charge on any atom is 0.425 e. The summed E-state index contributed by atoms with van der Waals surface area (Å²) in [4.78, 5) is 7.80. The summed E-state index contributed by atoms with van der Waals surface area (Å²) in [6.07, 6.45) is -2.62. The minimum Gasteiger partial charge on any atom is -0.463 e. The Bertz CT molecular complexity index is 944. The largest absolute Gasteiger partial charge is 0.463 e. The van der Waals surface area contributed by atoms with Crippen LogP contribution in [0.15, 0.2) is 24.7 Å². The fourth-order valence-electron chi connectivity index (χ4n) is 2.18. The van der Waals surface area contributed by atoms with Crippen molar-refractivity contribution >= 4 is 5.65 Å². The molecule has 11 heteroatoms. The van der Waals surface area contributed by atoms with E-state index in [-0.39, 0.29) is 12.2 Å². The molecule has 0 N–H and O–H groups in total. The smallest absolute Gasteiger partial charge is 0.425 e. The summed E-state index contributed by atoms with van der Waals surface area (Å²) in [7, 11) is 0. The van der Waals surface area contributed by atoms with Gasteiger partial charge in [-0.3, -0.25) is 9.38 Å². The molecule has 1 atom stereocenters. The van der Waals surface area contributed by atoms with Crippen LogP contribution in [0, 0.1) is 5.82 Å². The quantitative estimate of drug-likeness (QED) is 0.607. The third kappa shape index (κ3) is 4.13. The molecule has 7 nitrogen and oxygen atoms in total. The Kier molecular flexibility index (Phi) is 5.22. The Labute approximate surface area is 151 Å². The third-order valence-electron chi connectivity index (χ3n) is 3.65. The van der Waals surface area contributed by atoms with Crippen LogP contribution in [-0.2, 0) is 11.3 Å². The van der Waals surface area contributed by atoms with Gasteiger partial charge in [0.1, 0.15) is 6.61 Å². The molecule has 0 aliphatic rings. The fraction of sp³-hybridized carbons (Fsp3) is 0.375. The van der Waals surface area contributed by atoms with Gasteiger partial charge in [0.2, 0.25) is 0 Å². The summed E-state index contributed by atoms with van der Waals surface area (Å²) in [5.41, 5.74) is 1.07. The Balaban J connectivity index is 1.89. The third-order valence-corrected chi connectivity index (χ3v) is 3.65. The molecule has 0 bridgehead atoms. The predicted octanol–water partition coefficient (Wildman–Crippen LogP) is 3.19. The van der Waals surface area contributed by atoms with Gasteiger partial charge in [-0.15, -0.1) is 10.2 Å². The zero-order valence-electron chi connectivity index (χ0n) is 14.4. The fourth-order valence-corrected chi connectivity index (χ4v) is 2.18. The zero-order chi connectivity index (χ0) is 19.6. The number of alkyl halides is 3. The highest BCUT2D eigenvalue weighted by molar-refractivity contribution is 5.59. The second kappa shape index (κ2) is 7.43. The van der Waals surface area contributed by atoms with Crippen LogP contribution in [0.25, 0.3) is 16.9 Å². The number of halogens is 4. The van der Waals surface area contributed by atoms with Crippen LogP contribution in [0.3, 0.4) is 0 Å². The van der Waals surface area contributed by atoms with E-state index >= 15 is 0 Å². The van der Waals surface area contributed by atoms with E-state index in [0.29, 0.717) is 23.8 Å². The molecule has 3 aromatic heterocycles. The van der Waals surface area contributed by atoms with Crippen molar-refractivity contribution in [2.24, 2.45) is 0 Å². The standard InChI is InChI=1S/C16H15F4N5O2/c1-3-26-8-14-24-23-13-6-21-12(7-25(13)14)10-4-11(17)15(22-5-10)27-9(2)16(18,19)20/h4-7,9H,3,8H2,1-2H3/t9-/m0/s1. The topological polar surface area (TPSA) is 74.4 Å². The monoisotopic (exact) mass is 385 g/mol. The van der Waals surface area contributed by atoms with Crippen molar-refractivity contribution in [2.45, 2.75) is 32.7 Å². The summed E-state index contributed by atoms with van der Waals surface area (Å²) in [6, 6.07) is 1.01. The van der Waals surface area contributed by atoms with Crippen LogP contribution in [0.1, 0.15) is 19.7 Å². The van der Waals surface area contributed by atoms with Crippen LogP contribution in [0.5, 0.6) is 5.88 Å². The average molecular weight is 385 g/mol. The lowest BCUT2D eigenvalue weighted by molar-refractivity contribution is -0.190. The summed E-state index contributed by atoms with van der Waals surface area (Å²) in [5, 5.41) is 7.93. The second-order valence-electron chi connectivity index (χ2n) is 5.57. The summed E-state index contributed by atoms with van der Waals surface area (Å²) in [5.74, 6) is -1.22. The number of hydrogen-bond acceptors (Lipinski definition) is 6. The van der Waals surface area contributed by atoms with Gasteiger partial charge in [0.15, 0.2) is 23.4 Å². The van der Waals surface area contributed by atoms with Crippen molar-refractivity contribution in [2.75, 3.05) is 6.61 Å². The molecule has 144 valence electrons. The first-order valence-electron chi connectivity index (χ1n) is 7.96.